The summed E-state index contributed by atoms with van der Waals surface area (Å²) in [6.45, 7) is 5.79. The van der Waals surface area contributed by atoms with Gasteiger partial charge in [-0.25, -0.2) is 0 Å². The fourth-order valence-corrected chi connectivity index (χ4v) is 2.08. The molecule has 1 aromatic carbocycles. The standard InChI is InChI=1S/C17H27N3O/c1-13(2)12-21-16-8-4-14(5-9-16)10-11-19-17(18)20(3)15-6-7-15/h4-5,8-9,13,15H,6-7,10-12H2,1-3H3,(H2,18,19). The first-order valence-electron chi connectivity index (χ1n) is 7.80. The average molecular weight is 289 g/mol. The van der Waals surface area contributed by atoms with Crippen LogP contribution in [-0.2, 0) is 6.42 Å². The Kier molecular flexibility index (Phi) is 5.48. The zero-order valence-corrected chi connectivity index (χ0v) is 13.4. The van der Waals surface area contributed by atoms with E-state index in [2.05, 4.69) is 35.9 Å². The van der Waals surface area contributed by atoms with Gasteiger partial charge in [0.05, 0.1) is 6.61 Å². The molecule has 4 nitrogen and oxygen atoms in total. The van der Waals surface area contributed by atoms with Crippen LogP contribution in [0.5, 0.6) is 5.75 Å². The normalized spacial score (nSPS) is 15.3. The summed E-state index contributed by atoms with van der Waals surface area (Å²) < 4.78 is 5.68. The topological polar surface area (TPSA) is 50.9 Å². The van der Waals surface area contributed by atoms with E-state index in [4.69, 9.17) is 10.5 Å². The highest BCUT2D eigenvalue weighted by atomic mass is 16.5. The molecule has 0 aromatic heterocycles. The quantitative estimate of drug-likeness (QED) is 0.620. The highest BCUT2D eigenvalue weighted by molar-refractivity contribution is 5.78. The summed E-state index contributed by atoms with van der Waals surface area (Å²) in [5.41, 5.74) is 7.23. The van der Waals surface area contributed by atoms with Gasteiger partial charge in [0.15, 0.2) is 5.96 Å². The molecule has 1 aliphatic rings. The van der Waals surface area contributed by atoms with Crippen molar-refractivity contribution in [3.63, 3.8) is 0 Å². The lowest BCUT2D eigenvalue weighted by molar-refractivity contribution is 0.271. The van der Waals surface area contributed by atoms with E-state index in [1.54, 1.807) is 0 Å². The highest BCUT2D eigenvalue weighted by Crippen LogP contribution is 2.24. The van der Waals surface area contributed by atoms with Crippen LogP contribution in [0.3, 0.4) is 0 Å². The second-order valence-corrected chi connectivity index (χ2v) is 6.18. The van der Waals surface area contributed by atoms with Crippen LogP contribution in [0.4, 0.5) is 0 Å². The van der Waals surface area contributed by atoms with Crippen molar-refractivity contribution in [1.82, 2.24) is 4.90 Å². The summed E-state index contributed by atoms with van der Waals surface area (Å²) in [5, 5.41) is 0. The lowest BCUT2D eigenvalue weighted by Gasteiger charge is -2.16. The number of benzene rings is 1. The van der Waals surface area contributed by atoms with E-state index >= 15 is 0 Å². The molecule has 0 bridgehead atoms. The highest BCUT2D eigenvalue weighted by Gasteiger charge is 2.27. The SMILES string of the molecule is CC(C)COc1ccc(CCN=C(N)N(C)C2CC2)cc1. The molecular weight excluding hydrogens is 262 g/mol. The van der Waals surface area contributed by atoms with Crippen molar-refractivity contribution in [2.24, 2.45) is 16.6 Å². The van der Waals surface area contributed by atoms with E-state index in [-0.39, 0.29) is 0 Å². The second kappa shape index (κ2) is 7.34. The van der Waals surface area contributed by atoms with Crippen LogP contribution >= 0.6 is 0 Å². The van der Waals surface area contributed by atoms with E-state index in [9.17, 15) is 0 Å². The Morgan fingerprint density at radius 1 is 1.33 bits per heavy atom. The molecule has 1 fully saturated rings. The molecule has 0 saturated heterocycles. The molecule has 2 N–H and O–H groups in total. The van der Waals surface area contributed by atoms with Crippen LogP contribution in [0, 0.1) is 5.92 Å². The third-order valence-corrected chi connectivity index (χ3v) is 3.64. The molecule has 0 spiro atoms. The largest absolute Gasteiger partial charge is 0.493 e. The van der Waals surface area contributed by atoms with Crippen LogP contribution < -0.4 is 10.5 Å². The Balaban J connectivity index is 1.76. The fraction of sp³-hybridized carbons (Fsp3) is 0.588. The first-order valence-corrected chi connectivity index (χ1v) is 7.80. The smallest absolute Gasteiger partial charge is 0.191 e. The molecule has 21 heavy (non-hydrogen) atoms. The molecule has 0 heterocycles. The second-order valence-electron chi connectivity index (χ2n) is 6.18. The third kappa shape index (κ3) is 5.29. The zero-order valence-electron chi connectivity index (χ0n) is 13.4. The summed E-state index contributed by atoms with van der Waals surface area (Å²) >= 11 is 0. The molecule has 1 aliphatic carbocycles. The van der Waals surface area contributed by atoms with Gasteiger partial charge in [0.25, 0.3) is 0 Å². The lowest BCUT2D eigenvalue weighted by atomic mass is 10.1. The van der Waals surface area contributed by atoms with Crippen LogP contribution in [-0.4, -0.2) is 37.1 Å². The average Bonchev–Trinajstić information content (AvgIpc) is 3.30. The number of guanidine groups is 1. The molecule has 2 rings (SSSR count). The van der Waals surface area contributed by atoms with E-state index < -0.39 is 0 Å². The van der Waals surface area contributed by atoms with E-state index in [0.29, 0.717) is 17.9 Å². The summed E-state index contributed by atoms with van der Waals surface area (Å²) in [5.74, 6) is 2.14. The number of hydrogen-bond acceptors (Lipinski definition) is 2. The predicted molar refractivity (Wildman–Crippen MR) is 87.8 cm³/mol. The van der Waals surface area contributed by atoms with E-state index in [0.717, 1.165) is 25.3 Å². The first-order chi connectivity index (χ1) is 10.1. The Bertz CT molecular complexity index is 463. The molecular formula is C17H27N3O. The molecule has 1 aromatic rings. The number of nitrogens with zero attached hydrogens (tertiary/aromatic N) is 2. The van der Waals surface area contributed by atoms with Crippen molar-refractivity contribution in [2.45, 2.75) is 39.2 Å². The minimum absolute atomic E-state index is 0.547. The van der Waals surface area contributed by atoms with Gasteiger partial charge in [-0.2, -0.15) is 0 Å². The van der Waals surface area contributed by atoms with Crippen molar-refractivity contribution < 1.29 is 4.74 Å². The van der Waals surface area contributed by atoms with Crippen molar-refractivity contribution in [3.8, 4) is 5.75 Å². The van der Waals surface area contributed by atoms with Gasteiger partial charge in [-0.1, -0.05) is 26.0 Å². The van der Waals surface area contributed by atoms with Gasteiger partial charge >= 0.3 is 0 Å². The Labute approximate surface area is 128 Å². The van der Waals surface area contributed by atoms with Crippen molar-refractivity contribution >= 4 is 5.96 Å². The zero-order chi connectivity index (χ0) is 15.2. The van der Waals surface area contributed by atoms with Crippen LogP contribution in [0.2, 0.25) is 0 Å². The van der Waals surface area contributed by atoms with Crippen LogP contribution in [0.15, 0.2) is 29.3 Å². The predicted octanol–water partition coefficient (Wildman–Crippen LogP) is 2.67. The van der Waals surface area contributed by atoms with Gasteiger partial charge in [0.1, 0.15) is 5.75 Å². The van der Waals surface area contributed by atoms with Gasteiger partial charge in [0.2, 0.25) is 0 Å². The minimum Gasteiger partial charge on any atom is -0.493 e. The molecule has 4 heteroatoms. The number of hydrogen-bond donors (Lipinski definition) is 1. The van der Waals surface area contributed by atoms with Gasteiger partial charge in [0, 0.05) is 19.6 Å². The van der Waals surface area contributed by atoms with Crippen molar-refractivity contribution in [2.75, 3.05) is 20.2 Å². The Morgan fingerprint density at radius 3 is 2.57 bits per heavy atom. The number of rotatable bonds is 7. The van der Waals surface area contributed by atoms with Gasteiger partial charge in [-0.3, -0.25) is 4.99 Å². The van der Waals surface area contributed by atoms with E-state index in [1.807, 2.05) is 19.2 Å². The van der Waals surface area contributed by atoms with Gasteiger partial charge < -0.3 is 15.4 Å². The van der Waals surface area contributed by atoms with Crippen LogP contribution in [0.25, 0.3) is 0 Å². The summed E-state index contributed by atoms with van der Waals surface area (Å²) in [6.07, 6.45) is 3.39. The maximum atomic E-state index is 5.97. The molecule has 116 valence electrons. The third-order valence-electron chi connectivity index (χ3n) is 3.64. The molecule has 0 atom stereocenters. The number of ether oxygens (including phenoxy) is 1. The Hall–Kier alpha value is -1.71. The maximum Gasteiger partial charge on any atom is 0.191 e. The molecule has 1 saturated carbocycles. The summed E-state index contributed by atoms with van der Waals surface area (Å²) in [6, 6.07) is 8.88. The molecule has 0 aliphatic heterocycles. The first kappa shape index (κ1) is 15.7. The van der Waals surface area contributed by atoms with Crippen molar-refractivity contribution in [1.29, 1.82) is 0 Å². The van der Waals surface area contributed by atoms with Gasteiger partial charge in [-0.15, -0.1) is 0 Å². The molecule has 0 radical (unpaired) electrons. The van der Waals surface area contributed by atoms with Gasteiger partial charge in [-0.05, 0) is 42.9 Å². The maximum absolute atomic E-state index is 5.97. The minimum atomic E-state index is 0.547. The van der Waals surface area contributed by atoms with Crippen LogP contribution in [0.1, 0.15) is 32.3 Å². The summed E-state index contributed by atoms with van der Waals surface area (Å²) in [7, 11) is 2.03. The van der Waals surface area contributed by atoms with E-state index in [1.165, 1.54) is 18.4 Å². The molecule has 0 unspecified atom stereocenters. The molecule has 0 amide bonds. The monoisotopic (exact) mass is 289 g/mol. The summed E-state index contributed by atoms with van der Waals surface area (Å²) in [4.78, 5) is 6.54. The number of nitrogens with two attached hydrogens (primary N) is 1. The number of aliphatic imine (C=N–C) groups is 1. The lowest BCUT2D eigenvalue weighted by Crippen LogP contribution is -2.35. The fourth-order valence-electron chi connectivity index (χ4n) is 2.08. The van der Waals surface area contributed by atoms with Crippen molar-refractivity contribution in [3.05, 3.63) is 29.8 Å². The Morgan fingerprint density at radius 2 is 2.00 bits per heavy atom.